The zero-order valence-corrected chi connectivity index (χ0v) is 12.9. The van der Waals surface area contributed by atoms with E-state index in [-0.39, 0.29) is 11.2 Å². The van der Waals surface area contributed by atoms with Gasteiger partial charge in [-0.1, -0.05) is 42.8 Å². The Kier molecular flexibility index (Phi) is 4.16. The third-order valence-electron chi connectivity index (χ3n) is 4.77. The molecule has 1 fully saturated rings. The maximum Gasteiger partial charge on any atom is 0.165 e. The van der Waals surface area contributed by atoms with Crippen molar-refractivity contribution in [2.45, 2.75) is 38.2 Å². The summed E-state index contributed by atoms with van der Waals surface area (Å²) >= 11 is 0. The molecule has 0 unspecified atom stereocenters. The number of benzene rings is 2. The highest BCUT2D eigenvalue weighted by atomic mass is 19.1. The summed E-state index contributed by atoms with van der Waals surface area (Å²) in [7, 11) is 0. The lowest BCUT2D eigenvalue weighted by atomic mass is 9.64. The third-order valence-corrected chi connectivity index (χ3v) is 4.77. The minimum atomic E-state index is -0.286. The second-order valence-electron chi connectivity index (χ2n) is 6.22. The Morgan fingerprint density at radius 3 is 2.45 bits per heavy atom. The molecule has 1 saturated carbocycles. The standard InChI is InChI=1S/C19H22FNO/c1-14-10-16(19(13-21)8-5-9-19)11-17(20)18(14)22-12-15-6-3-2-4-7-15/h2-4,6-7,10-11H,5,8-9,12-13,21H2,1H3. The van der Waals surface area contributed by atoms with Crippen molar-refractivity contribution in [2.24, 2.45) is 5.73 Å². The normalized spacial score (nSPS) is 16.1. The highest BCUT2D eigenvalue weighted by Gasteiger charge is 2.38. The van der Waals surface area contributed by atoms with E-state index in [1.807, 2.05) is 43.3 Å². The van der Waals surface area contributed by atoms with Crippen molar-refractivity contribution in [1.29, 1.82) is 0 Å². The number of hydrogen-bond donors (Lipinski definition) is 1. The van der Waals surface area contributed by atoms with Gasteiger partial charge in [-0.15, -0.1) is 0 Å². The van der Waals surface area contributed by atoms with Gasteiger partial charge in [0, 0.05) is 12.0 Å². The van der Waals surface area contributed by atoms with Crippen molar-refractivity contribution in [2.75, 3.05) is 6.54 Å². The monoisotopic (exact) mass is 299 g/mol. The van der Waals surface area contributed by atoms with E-state index in [1.54, 1.807) is 6.07 Å². The van der Waals surface area contributed by atoms with Crippen LogP contribution in [0, 0.1) is 12.7 Å². The summed E-state index contributed by atoms with van der Waals surface area (Å²) in [6.07, 6.45) is 3.27. The lowest BCUT2D eigenvalue weighted by Crippen LogP contribution is -2.41. The van der Waals surface area contributed by atoms with Gasteiger partial charge < -0.3 is 10.5 Å². The van der Waals surface area contributed by atoms with Crippen molar-refractivity contribution < 1.29 is 9.13 Å². The fraction of sp³-hybridized carbons (Fsp3) is 0.368. The molecule has 2 aromatic rings. The van der Waals surface area contributed by atoms with Gasteiger partial charge in [0.15, 0.2) is 11.6 Å². The van der Waals surface area contributed by atoms with Gasteiger partial charge in [0.2, 0.25) is 0 Å². The first-order chi connectivity index (χ1) is 10.6. The highest BCUT2D eigenvalue weighted by Crippen LogP contribution is 2.44. The summed E-state index contributed by atoms with van der Waals surface area (Å²) < 4.78 is 20.2. The van der Waals surface area contributed by atoms with Crippen LogP contribution in [0.15, 0.2) is 42.5 Å². The van der Waals surface area contributed by atoms with Gasteiger partial charge in [-0.05, 0) is 42.5 Å². The molecule has 2 aromatic carbocycles. The predicted octanol–water partition coefficient (Wildman–Crippen LogP) is 4.09. The molecule has 0 aliphatic heterocycles. The molecular formula is C19H22FNO. The van der Waals surface area contributed by atoms with E-state index in [9.17, 15) is 4.39 Å². The van der Waals surface area contributed by atoms with Crippen LogP contribution >= 0.6 is 0 Å². The van der Waals surface area contributed by atoms with Gasteiger partial charge in [0.25, 0.3) is 0 Å². The van der Waals surface area contributed by atoms with Crippen LogP contribution in [-0.2, 0) is 12.0 Å². The number of halogens is 1. The first-order valence-corrected chi connectivity index (χ1v) is 7.82. The van der Waals surface area contributed by atoms with Crippen molar-refractivity contribution in [3.8, 4) is 5.75 Å². The number of ether oxygens (including phenoxy) is 1. The molecule has 0 heterocycles. The minimum absolute atomic E-state index is 0.0242. The highest BCUT2D eigenvalue weighted by molar-refractivity contribution is 5.42. The third kappa shape index (κ3) is 2.73. The number of aryl methyl sites for hydroxylation is 1. The zero-order chi connectivity index (χ0) is 15.6. The molecule has 2 nitrogen and oxygen atoms in total. The Bertz CT molecular complexity index is 621. The lowest BCUT2D eigenvalue weighted by molar-refractivity contribution is 0.249. The van der Waals surface area contributed by atoms with Crippen molar-refractivity contribution in [1.82, 2.24) is 0 Å². The molecule has 22 heavy (non-hydrogen) atoms. The van der Waals surface area contributed by atoms with Crippen LogP contribution in [0.1, 0.15) is 36.0 Å². The van der Waals surface area contributed by atoms with Crippen LogP contribution in [0.5, 0.6) is 5.75 Å². The summed E-state index contributed by atoms with van der Waals surface area (Å²) in [5, 5.41) is 0. The van der Waals surface area contributed by atoms with Gasteiger partial charge in [0.1, 0.15) is 6.61 Å². The van der Waals surface area contributed by atoms with Crippen molar-refractivity contribution in [3.63, 3.8) is 0 Å². The molecule has 1 aliphatic carbocycles. The molecule has 2 N–H and O–H groups in total. The molecular weight excluding hydrogens is 277 g/mol. The van der Waals surface area contributed by atoms with Gasteiger partial charge in [0.05, 0.1) is 0 Å². The van der Waals surface area contributed by atoms with Gasteiger partial charge in [-0.3, -0.25) is 0 Å². The minimum Gasteiger partial charge on any atom is -0.486 e. The quantitative estimate of drug-likeness (QED) is 0.902. The Labute approximate surface area is 131 Å². The average Bonchev–Trinajstić information content (AvgIpc) is 2.47. The van der Waals surface area contributed by atoms with E-state index >= 15 is 0 Å². The van der Waals surface area contributed by atoms with E-state index in [0.29, 0.717) is 18.9 Å². The van der Waals surface area contributed by atoms with E-state index in [2.05, 4.69) is 0 Å². The van der Waals surface area contributed by atoms with Gasteiger partial charge >= 0.3 is 0 Å². The maximum atomic E-state index is 14.5. The van der Waals surface area contributed by atoms with Crippen LogP contribution in [0.2, 0.25) is 0 Å². The van der Waals surface area contributed by atoms with Crippen LogP contribution in [0.25, 0.3) is 0 Å². The Hall–Kier alpha value is -1.87. The Balaban J connectivity index is 1.81. The Morgan fingerprint density at radius 1 is 1.18 bits per heavy atom. The summed E-state index contributed by atoms with van der Waals surface area (Å²) in [5.41, 5.74) is 8.78. The average molecular weight is 299 g/mol. The largest absolute Gasteiger partial charge is 0.486 e. The van der Waals surface area contributed by atoms with Crippen LogP contribution in [0.4, 0.5) is 4.39 Å². The maximum absolute atomic E-state index is 14.5. The summed E-state index contributed by atoms with van der Waals surface area (Å²) in [6, 6.07) is 13.4. The SMILES string of the molecule is Cc1cc(C2(CN)CCC2)cc(F)c1OCc1ccccc1. The molecule has 3 heteroatoms. The molecule has 0 radical (unpaired) electrons. The molecule has 0 aromatic heterocycles. The molecule has 0 saturated heterocycles. The van der Waals surface area contributed by atoms with Gasteiger partial charge in [-0.25, -0.2) is 4.39 Å². The van der Waals surface area contributed by atoms with Crippen molar-refractivity contribution >= 4 is 0 Å². The van der Waals surface area contributed by atoms with Crippen molar-refractivity contribution in [3.05, 3.63) is 65.0 Å². The predicted molar refractivity (Wildman–Crippen MR) is 86.5 cm³/mol. The lowest BCUT2D eigenvalue weighted by Gasteiger charge is -2.41. The van der Waals surface area contributed by atoms with Crippen LogP contribution < -0.4 is 10.5 Å². The number of rotatable bonds is 5. The van der Waals surface area contributed by atoms with E-state index in [0.717, 1.165) is 29.5 Å². The molecule has 116 valence electrons. The molecule has 0 spiro atoms. The first kappa shape index (κ1) is 15.0. The molecule has 1 aliphatic rings. The summed E-state index contributed by atoms with van der Waals surface area (Å²) in [5.74, 6) is 0.0600. The molecule has 0 bridgehead atoms. The number of nitrogens with two attached hydrogens (primary N) is 1. The number of hydrogen-bond acceptors (Lipinski definition) is 2. The van der Waals surface area contributed by atoms with Crippen LogP contribution in [0.3, 0.4) is 0 Å². The topological polar surface area (TPSA) is 35.2 Å². The molecule has 3 rings (SSSR count). The Morgan fingerprint density at radius 2 is 1.91 bits per heavy atom. The van der Waals surface area contributed by atoms with E-state index in [4.69, 9.17) is 10.5 Å². The van der Waals surface area contributed by atoms with E-state index in [1.165, 1.54) is 6.42 Å². The molecule has 0 atom stereocenters. The fourth-order valence-electron chi connectivity index (χ4n) is 3.16. The molecule has 0 amide bonds. The fourth-order valence-corrected chi connectivity index (χ4v) is 3.16. The second-order valence-corrected chi connectivity index (χ2v) is 6.22. The van der Waals surface area contributed by atoms with Gasteiger partial charge in [-0.2, -0.15) is 0 Å². The van der Waals surface area contributed by atoms with Crippen LogP contribution in [-0.4, -0.2) is 6.54 Å². The zero-order valence-electron chi connectivity index (χ0n) is 12.9. The summed E-state index contributed by atoms with van der Waals surface area (Å²) in [6.45, 7) is 2.85. The van der Waals surface area contributed by atoms with E-state index < -0.39 is 0 Å². The summed E-state index contributed by atoms with van der Waals surface area (Å²) in [4.78, 5) is 0. The first-order valence-electron chi connectivity index (χ1n) is 7.82. The second kappa shape index (κ2) is 6.09. The smallest absolute Gasteiger partial charge is 0.165 e.